The number of hydrogen-bond donors (Lipinski definition) is 1. The molecule has 3 rings (SSSR count). The Hall–Kier alpha value is -2.77. The highest BCUT2D eigenvalue weighted by Gasteiger charge is 2.30. The largest absolute Gasteiger partial charge is 0.495 e. The van der Waals surface area contributed by atoms with Gasteiger partial charge in [-0.3, -0.25) is 4.57 Å². The second-order valence-electron chi connectivity index (χ2n) is 7.14. The molecule has 1 atom stereocenters. The van der Waals surface area contributed by atoms with Gasteiger partial charge in [-0.25, -0.2) is 14.3 Å². The maximum atomic E-state index is 12.8. The monoisotopic (exact) mass is 373 g/mol. The standard InChI is InChI=1S/C19H27N5O3/c1-13(2)24-17(21-22(3)19(24)26)14-8-7-11-23(12-14)18(25)20-15-9-5-6-10-16(15)27-4/h5-6,9-10,13-14H,7-8,11-12H2,1-4H3,(H,20,25). The van der Waals surface area contributed by atoms with E-state index in [0.29, 0.717) is 24.5 Å². The molecule has 1 aliphatic heterocycles. The fraction of sp³-hybridized carbons (Fsp3) is 0.526. The van der Waals surface area contributed by atoms with Gasteiger partial charge in [0.15, 0.2) is 0 Å². The number of ether oxygens (including phenoxy) is 1. The summed E-state index contributed by atoms with van der Waals surface area (Å²) < 4.78 is 8.40. The Bertz CT molecular complexity index is 870. The summed E-state index contributed by atoms with van der Waals surface area (Å²) in [5.74, 6) is 1.42. The third-order valence-electron chi connectivity index (χ3n) is 4.92. The number of carbonyl (C=O) groups excluding carboxylic acids is 1. The Morgan fingerprint density at radius 2 is 2.07 bits per heavy atom. The molecule has 1 aromatic heterocycles. The molecule has 2 aromatic rings. The topological polar surface area (TPSA) is 81.4 Å². The lowest BCUT2D eigenvalue weighted by molar-refractivity contribution is 0.190. The van der Waals surface area contributed by atoms with Crippen molar-refractivity contribution in [3.63, 3.8) is 0 Å². The van der Waals surface area contributed by atoms with Gasteiger partial charge in [0.1, 0.15) is 11.6 Å². The van der Waals surface area contributed by atoms with Crippen LogP contribution in [-0.2, 0) is 7.05 Å². The number of aromatic nitrogens is 3. The Morgan fingerprint density at radius 3 is 2.78 bits per heavy atom. The van der Waals surface area contributed by atoms with E-state index in [0.717, 1.165) is 18.7 Å². The molecule has 2 heterocycles. The molecule has 0 bridgehead atoms. The van der Waals surface area contributed by atoms with Crippen molar-refractivity contribution in [3.8, 4) is 5.75 Å². The number of nitrogens with one attached hydrogen (secondary N) is 1. The lowest BCUT2D eigenvalue weighted by Crippen LogP contribution is -2.42. The number of likely N-dealkylation sites (tertiary alicyclic amines) is 1. The molecule has 27 heavy (non-hydrogen) atoms. The fourth-order valence-electron chi connectivity index (χ4n) is 3.58. The molecule has 0 saturated carbocycles. The number of para-hydroxylation sites is 2. The normalized spacial score (nSPS) is 17.2. The summed E-state index contributed by atoms with van der Waals surface area (Å²) in [5.41, 5.74) is 0.527. The molecule has 0 spiro atoms. The van der Waals surface area contributed by atoms with Gasteiger partial charge in [-0.15, -0.1) is 0 Å². The van der Waals surface area contributed by atoms with E-state index < -0.39 is 0 Å². The number of urea groups is 1. The number of carbonyl (C=O) groups is 1. The first-order valence-electron chi connectivity index (χ1n) is 9.26. The number of rotatable bonds is 4. The summed E-state index contributed by atoms with van der Waals surface area (Å²) in [5, 5.41) is 7.37. The number of aryl methyl sites for hydroxylation is 1. The van der Waals surface area contributed by atoms with Gasteiger partial charge in [0.2, 0.25) is 0 Å². The minimum Gasteiger partial charge on any atom is -0.495 e. The number of benzene rings is 1. The Balaban J connectivity index is 1.78. The van der Waals surface area contributed by atoms with Crippen molar-refractivity contribution in [3.05, 3.63) is 40.6 Å². The first-order valence-corrected chi connectivity index (χ1v) is 9.26. The van der Waals surface area contributed by atoms with Crippen LogP contribution < -0.4 is 15.7 Å². The van der Waals surface area contributed by atoms with Gasteiger partial charge in [-0.05, 0) is 38.8 Å². The van der Waals surface area contributed by atoms with Gasteiger partial charge in [0, 0.05) is 32.1 Å². The molecule has 1 saturated heterocycles. The Labute approximate surface area is 158 Å². The molecule has 1 aliphatic rings. The quantitative estimate of drug-likeness (QED) is 0.893. The molecule has 2 amide bonds. The maximum Gasteiger partial charge on any atom is 0.345 e. The van der Waals surface area contributed by atoms with Gasteiger partial charge in [-0.2, -0.15) is 5.10 Å². The highest BCUT2D eigenvalue weighted by atomic mass is 16.5. The number of amides is 2. The molecular formula is C19H27N5O3. The van der Waals surface area contributed by atoms with Crippen LogP contribution in [0.3, 0.4) is 0 Å². The molecule has 1 N–H and O–H groups in total. The lowest BCUT2D eigenvalue weighted by atomic mass is 9.97. The summed E-state index contributed by atoms with van der Waals surface area (Å²) in [6.45, 7) is 5.16. The van der Waals surface area contributed by atoms with Gasteiger partial charge in [0.05, 0.1) is 12.8 Å². The van der Waals surface area contributed by atoms with Crippen LogP contribution in [-0.4, -0.2) is 45.5 Å². The molecule has 146 valence electrons. The number of anilines is 1. The summed E-state index contributed by atoms with van der Waals surface area (Å²) in [6.07, 6.45) is 1.77. The van der Waals surface area contributed by atoms with Crippen LogP contribution in [0.4, 0.5) is 10.5 Å². The third-order valence-corrected chi connectivity index (χ3v) is 4.92. The summed E-state index contributed by atoms with van der Waals surface area (Å²) in [4.78, 5) is 26.9. The first-order chi connectivity index (χ1) is 12.9. The molecule has 8 nitrogen and oxygen atoms in total. The Kier molecular flexibility index (Phi) is 5.53. The van der Waals surface area contributed by atoms with Gasteiger partial charge in [0.25, 0.3) is 0 Å². The summed E-state index contributed by atoms with van der Waals surface area (Å²) >= 11 is 0. The summed E-state index contributed by atoms with van der Waals surface area (Å²) in [6, 6.07) is 7.19. The van der Waals surface area contributed by atoms with Crippen molar-refractivity contribution < 1.29 is 9.53 Å². The van der Waals surface area contributed by atoms with Crippen molar-refractivity contribution in [1.29, 1.82) is 0 Å². The van der Waals surface area contributed by atoms with Crippen molar-refractivity contribution in [2.45, 2.75) is 38.6 Å². The van der Waals surface area contributed by atoms with Gasteiger partial charge in [-0.1, -0.05) is 12.1 Å². The van der Waals surface area contributed by atoms with E-state index in [2.05, 4.69) is 10.4 Å². The van der Waals surface area contributed by atoms with E-state index in [9.17, 15) is 9.59 Å². The van der Waals surface area contributed by atoms with Gasteiger partial charge < -0.3 is 15.0 Å². The third kappa shape index (κ3) is 3.84. The number of piperidine rings is 1. The number of hydrogen-bond acceptors (Lipinski definition) is 4. The van der Waals surface area contributed by atoms with E-state index in [-0.39, 0.29) is 23.7 Å². The Morgan fingerprint density at radius 1 is 1.33 bits per heavy atom. The van der Waals surface area contributed by atoms with Crippen LogP contribution in [0.1, 0.15) is 44.5 Å². The van der Waals surface area contributed by atoms with E-state index >= 15 is 0 Å². The van der Waals surface area contributed by atoms with Crippen molar-refractivity contribution in [2.24, 2.45) is 7.05 Å². The van der Waals surface area contributed by atoms with Crippen LogP contribution in [0, 0.1) is 0 Å². The maximum absolute atomic E-state index is 12.8. The fourth-order valence-corrected chi connectivity index (χ4v) is 3.58. The first kappa shape index (κ1) is 19.0. The zero-order valence-electron chi connectivity index (χ0n) is 16.3. The minimum absolute atomic E-state index is 0.0268. The van der Waals surface area contributed by atoms with Crippen LogP contribution in [0.5, 0.6) is 5.75 Å². The molecule has 1 unspecified atom stereocenters. The number of methoxy groups -OCH3 is 1. The van der Waals surface area contributed by atoms with E-state index in [1.165, 1.54) is 4.68 Å². The van der Waals surface area contributed by atoms with Crippen molar-refractivity contribution in [1.82, 2.24) is 19.2 Å². The molecule has 0 aliphatic carbocycles. The van der Waals surface area contributed by atoms with Crippen LogP contribution >= 0.6 is 0 Å². The van der Waals surface area contributed by atoms with Gasteiger partial charge >= 0.3 is 11.7 Å². The van der Waals surface area contributed by atoms with E-state index in [4.69, 9.17) is 4.74 Å². The average Bonchev–Trinajstić information content (AvgIpc) is 2.97. The van der Waals surface area contributed by atoms with Crippen molar-refractivity contribution in [2.75, 3.05) is 25.5 Å². The van der Waals surface area contributed by atoms with E-state index in [1.54, 1.807) is 23.6 Å². The second kappa shape index (κ2) is 7.85. The molecule has 8 heteroatoms. The smallest absolute Gasteiger partial charge is 0.345 e. The highest BCUT2D eigenvalue weighted by Crippen LogP contribution is 2.28. The SMILES string of the molecule is COc1ccccc1NC(=O)N1CCCC(c2nn(C)c(=O)n2C(C)C)C1. The highest BCUT2D eigenvalue weighted by molar-refractivity contribution is 5.91. The molecule has 1 aromatic carbocycles. The van der Waals surface area contributed by atoms with E-state index in [1.807, 2.05) is 38.1 Å². The van der Waals surface area contributed by atoms with Crippen molar-refractivity contribution >= 4 is 11.7 Å². The molecule has 1 fully saturated rings. The van der Waals surface area contributed by atoms with Crippen LogP contribution in [0.25, 0.3) is 0 Å². The second-order valence-corrected chi connectivity index (χ2v) is 7.14. The predicted octanol–water partition coefficient (Wildman–Crippen LogP) is 2.58. The molecular weight excluding hydrogens is 346 g/mol. The summed E-state index contributed by atoms with van der Waals surface area (Å²) in [7, 11) is 3.24. The zero-order valence-corrected chi connectivity index (χ0v) is 16.3. The lowest BCUT2D eigenvalue weighted by Gasteiger charge is -2.32. The average molecular weight is 373 g/mol. The molecule has 0 radical (unpaired) electrons. The van der Waals surface area contributed by atoms with Crippen LogP contribution in [0.2, 0.25) is 0 Å². The zero-order chi connectivity index (χ0) is 19.6. The van der Waals surface area contributed by atoms with Crippen LogP contribution in [0.15, 0.2) is 29.1 Å². The minimum atomic E-state index is -0.168. The predicted molar refractivity (Wildman–Crippen MR) is 103 cm³/mol. The number of nitrogens with zero attached hydrogens (tertiary/aromatic N) is 4.